The lowest BCUT2D eigenvalue weighted by atomic mass is 10.00. The highest BCUT2D eigenvalue weighted by atomic mass is 16.1. The predicted molar refractivity (Wildman–Crippen MR) is 93.4 cm³/mol. The number of amides is 1. The first-order chi connectivity index (χ1) is 11.2. The molecular formula is C20H20N2O. The zero-order valence-electron chi connectivity index (χ0n) is 13.4. The van der Waals surface area contributed by atoms with E-state index in [0.29, 0.717) is 0 Å². The molecule has 3 nitrogen and oxygen atoms in total. The number of carbonyl (C=O) groups is 1. The summed E-state index contributed by atoms with van der Waals surface area (Å²) < 4.78 is 0. The number of fused-ring (bicyclic) bond motifs is 1. The van der Waals surface area contributed by atoms with Gasteiger partial charge in [-0.05, 0) is 31.0 Å². The summed E-state index contributed by atoms with van der Waals surface area (Å²) in [4.78, 5) is 17.1. The monoisotopic (exact) mass is 304 g/mol. The number of para-hydroxylation sites is 1. The zero-order chi connectivity index (χ0) is 16.2. The Morgan fingerprint density at radius 1 is 1.09 bits per heavy atom. The van der Waals surface area contributed by atoms with E-state index >= 15 is 0 Å². The van der Waals surface area contributed by atoms with Gasteiger partial charge in [0.1, 0.15) is 0 Å². The average molecular weight is 304 g/mol. The summed E-state index contributed by atoms with van der Waals surface area (Å²) in [5.74, 6) is -0.0390. The Hall–Kier alpha value is -2.68. The number of pyridine rings is 1. The second-order valence-electron chi connectivity index (χ2n) is 5.67. The van der Waals surface area contributed by atoms with Gasteiger partial charge >= 0.3 is 0 Å². The van der Waals surface area contributed by atoms with Crippen molar-refractivity contribution in [3.05, 3.63) is 77.5 Å². The number of nitrogens with one attached hydrogen (secondary N) is 1. The summed E-state index contributed by atoms with van der Waals surface area (Å²) in [6.07, 6.45) is 2.61. The quantitative estimate of drug-likeness (QED) is 0.775. The van der Waals surface area contributed by atoms with E-state index in [4.69, 9.17) is 0 Å². The van der Waals surface area contributed by atoms with Crippen LogP contribution in [0.4, 0.5) is 0 Å². The third-order valence-electron chi connectivity index (χ3n) is 4.14. The van der Waals surface area contributed by atoms with Crippen molar-refractivity contribution in [3.63, 3.8) is 0 Å². The van der Waals surface area contributed by atoms with Gasteiger partial charge in [-0.1, -0.05) is 49.4 Å². The van der Waals surface area contributed by atoms with Crippen molar-refractivity contribution in [1.29, 1.82) is 0 Å². The van der Waals surface area contributed by atoms with E-state index < -0.39 is 0 Å². The van der Waals surface area contributed by atoms with E-state index in [1.54, 1.807) is 6.20 Å². The molecule has 3 rings (SSSR count). The van der Waals surface area contributed by atoms with Crippen LogP contribution in [0.2, 0.25) is 0 Å². The van der Waals surface area contributed by atoms with Gasteiger partial charge in [0.2, 0.25) is 0 Å². The van der Waals surface area contributed by atoms with Crippen molar-refractivity contribution in [3.8, 4) is 0 Å². The fraction of sp³-hybridized carbons (Fsp3) is 0.200. The smallest absolute Gasteiger partial charge is 0.252 e. The molecule has 0 spiro atoms. The van der Waals surface area contributed by atoms with Crippen LogP contribution in [0.5, 0.6) is 0 Å². The SMILES string of the molecule is CC[C@H](NC(=O)c1ccccc1C)c1cccc2cccnc12. The van der Waals surface area contributed by atoms with Crippen molar-refractivity contribution >= 4 is 16.8 Å². The number of nitrogens with zero attached hydrogens (tertiary/aromatic N) is 1. The second kappa shape index (κ2) is 6.61. The maximum absolute atomic E-state index is 12.6. The van der Waals surface area contributed by atoms with Gasteiger partial charge in [-0.3, -0.25) is 9.78 Å². The highest BCUT2D eigenvalue weighted by Crippen LogP contribution is 2.25. The number of benzene rings is 2. The minimum atomic E-state index is -0.0549. The molecule has 0 unspecified atom stereocenters. The maximum Gasteiger partial charge on any atom is 0.252 e. The van der Waals surface area contributed by atoms with Crippen LogP contribution in [-0.4, -0.2) is 10.9 Å². The molecule has 1 atom stereocenters. The normalized spacial score (nSPS) is 12.1. The molecule has 0 fully saturated rings. The summed E-state index contributed by atoms with van der Waals surface area (Å²) in [6, 6.07) is 17.7. The standard InChI is InChI=1S/C20H20N2O/c1-3-18(22-20(23)16-11-5-4-8-14(16)2)17-12-6-9-15-10-7-13-21-19(15)17/h4-13,18H,3H2,1-2H3,(H,22,23)/t18-/m0/s1. The predicted octanol–water partition coefficient (Wildman–Crippen LogP) is 4.42. The summed E-state index contributed by atoms with van der Waals surface area (Å²) >= 11 is 0. The first kappa shape index (κ1) is 15.2. The molecule has 0 aliphatic carbocycles. The molecule has 23 heavy (non-hydrogen) atoms. The number of carbonyl (C=O) groups excluding carboxylic acids is 1. The van der Waals surface area contributed by atoms with Gasteiger partial charge in [-0.15, -0.1) is 0 Å². The number of aryl methyl sites for hydroxylation is 1. The van der Waals surface area contributed by atoms with Crippen LogP contribution in [0.15, 0.2) is 60.8 Å². The van der Waals surface area contributed by atoms with Gasteiger partial charge in [0.25, 0.3) is 5.91 Å². The second-order valence-corrected chi connectivity index (χ2v) is 5.67. The molecule has 0 saturated carbocycles. The fourth-order valence-corrected chi connectivity index (χ4v) is 2.87. The molecule has 3 aromatic rings. The molecule has 0 bridgehead atoms. The van der Waals surface area contributed by atoms with E-state index in [0.717, 1.165) is 34.0 Å². The molecule has 116 valence electrons. The molecule has 1 heterocycles. The van der Waals surface area contributed by atoms with Crippen molar-refractivity contribution in [2.24, 2.45) is 0 Å². The third-order valence-corrected chi connectivity index (χ3v) is 4.14. The van der Waals surface area contributed by atoms with Crippen LogP contribution < -0.4 is 5.32 Å². The number of hydrogen-bond acceptors (Lipinski definition) is 2. The van der Waals surface area contributed by atoms with Crippen LogP contribution in [0.25, 0.3) is 10.9 Å². The Labute approximate surface area is 136 Å². The van der Waals surface area contributed by atoms with Crippen LogP contribution >= 0.6 is 0 Å². The lowest BCUT2D eigenvalue weighted by Crippen LogP contribution is -2.29. The van der Waals surface area contributed by atoms with Gasteiger partial charge in [0.15, 0.2) is 0 Å². The molecular weight excluding hydrogens is 284 g/mol. The molecule has 0 saturated heterocycles. The molecule has 0 aliphatic heterocycles. The van der Waals surface area contributed by atoms with Crippen molar-refractivity contribution in [2.45, 2.75) is 26.3 Å². The summed E-state index contributed by atoms with van der Waals surface area (Å²) in [6.45, 7) is 4.03. The van der Waals surface area contributed by atoms with Crippen molar-refractivity contribution in [2.75, 3.05) is 0 Å². The van der Waals surface area contributed by atoms with Crippen LogP contribution in [0.3, 0.4) is 0 Å². The third kappa shape index (κ3) is 3.09. The first-order valence-electron chi connectivity index (χ1n) is 7.91. The maximum atomic E-state index is 12.6. The van der Waals surface area contributed by atoms with Crippen LogP contribution in [-0.2, 0) is 0 Å². The number of aromatic nitrogens is 1. The molecule has 2 aromatic carbocycles. The van der Waals surface area contributed by atoms with Gasteiger partial charge in [0.05, 0.1) is 11.6 Å². The van der Waals surface area contributed by atoms with Gasteiger partial charge < -0.3 is 5.32 Å². The van der Waals surface area contributed by atoms with E-state index in [1.165, 1.54) is 0 Å². The van der Waals surface area contributed by atoms with E-state index in [1.807, 2.05) is 61.5 Å². The van der Waals surface area contributed by atoms with Gasteiger partial charge in [-0.2, -0.15) is 0 Å². The highest BCUT2D eigenvalue weighted by molar-refractivity contribution is 5.96. The summed E-state index contributed by atoms with van der Waals surface area (Å²) in [7, 11) is 0. The largest absolute Gasteiger partial charge is 0.345 e. The molecule has 1 N–H and O–H groups in total. The van der Waals surface area contributed by atoms with Crippen molar-refractivity contribution in [1.82, 2.24) is 10.3 Å². The Bertz CT molecular complexity index is 836. The fourth-order valence-electron chi connectivity index (χ4n) is 2.87. The Kier molecular flexibility index (Phi) is 4.38. The summed E-state index contributed by atoms with van der Waals surface area (Å²) in [5.41, 5.74) is 3.72. The Morgan fingerprint density at radius 3 is 2.65 bits per heavy atom. The number of rotatable bonds is 4. The lowest BCUT2D eigenvalue weighted by Gasteiger charge is -2.19. The minimum absolute atomic E-state index is 0.0390. The van der Waals surface area contributed by atoms with Gasteiger partial charge in [0, 0.05) is 22.7 Å². The summed E-state index contributed by atoms with van der Waals surface area (Å²) in [5, 5.41) is 4.24. The minimum Gasteiger partial charge on any atom is -0.345 e. The van der Waals surface area contributed by atoms with Crippen LogP contribution in [0.1, 0.15) is 40.9 Å². The zero-order valence-corrected chi connectivity index (χ0v) is 13.4. The van der Waals surface area contributed by atoms with E-state index in [9.17, 15) is 4.79 Å². The Balaban J connectivity index is 1.94. The highest BCUT2D eigenvalue weighted by Gasteiger charge is 2.17. The average Bonchev–Trinajstić information content (AvgIpc) is 2.59. The molecule has 0 aliphatic rings. The van der Waals surface area contributed by atoms with Crippen LogP contribution in [0, 0.1) is 6.92 Å². The Morgan fingerprint density at radius 2 is 1.87 bits per heavy atom. The molecule has 0 radical (unpaired) electrons. The molecule has 1 aromatic heterocycles. The number of hydrogen-bond donors (Lipinski definition) is 1. The molecule has 1 amide bonds. The molecule has 3 heteroatoms. The topological polar surface area (TPSA) is 42.0 Å². The first-order valence-corrected chi connectivity index (χ1v) is 7.91. The van der Waals surface area contributed by atoms with Gasteiger partial charge in [-0.25, -0.2) is 0 Å². The van der Waals surface area contributed by atoms with E-state index in [2.05, 4.69) is 17.2 Å². The van der Waals surface area contributed by atoms with E-state index in [-0.39, 0.29) is 11.9 Å². The van der Waals surface area contributed by atoms with Crippen molar-refractivity contribution < 1.29 is 4.79 Å². The lowest BCUT2D eigenvalue weighted by molar-refractivity contribution is 0.0935.